The maximum atomic E-state index is 13.8. The van der Waals surface area contributed by atoms with Crippen molar-refractivity contribution >= 4 is 42.6 Å². The van der Waals surface area contributed by atoms with Crippen LogP contribution in [0, 0.1) is 0 Å². The van der Waals surface area contributed by atoms with Crippen molar-refractivity contribution in [3.8, 4) is 5.75 Å². The van der Waals surface area contributed by atoms with E-state index in [2.05, 4.69) is 0 Å². The molecule has 0 spiro atoms. The van der Waals surface area contributed by atoms with Gasteiger partial charge in [0.25, 0.3) is 5.91 Å². The molecule has 0 aliphatic carbocycles. The van der Waals surface area contributed by atoms with Crippen LogP contribution in [-0.2, 0) is 16.6 Å². The Balaban J connectivity index is 1.46. The number of benzene rings is 3. The van der Waals surface area contributed by atoms with Crippen LogP contribution in [0.2, 0.25) is 0 Å². The van der Waals surface area contributed by atoms with Crippen molar-refractivity contribution in [2.45, 2.75) is 50.1 Å². The summed E-state index contributed by atoms with van der Waals surface area (Å²) in [7, 11) is -2.01. The molecule has 1 fully saturated rings. The fourth-order valence-electron chi connectivity index (χ4n) is 4.89. The first kappa shape index (κ1) is 26.3. The summed E-state index contributed by atoms with van der Waals surface area (Å²) in [5, 5.41) is 0.568. The monoisotopic (exact) mass is 549 g/mol. The number of rotatable bonds is 8. The first-order chi connectivity index (χ1) is 18.4. The first-order valence-corrected chi connectivity index (χ1v) is 15.1. The predicted octanol–water partition coefficient (Wildman–Crippen LogP) is 6.11. The topological polar surface area (TPSA) is 79.8 Å². The van der Waals surface area contributed by atoms with Gasteiger partial charge >= 0.3 is 0 Å². The van der Waals surface area contributed by atoms with Crippen molar-refractivity contribution in [1.82, 2.24) is 9.29 Å². The number of thiazole rings is 1. The van der Waals surface area contributed by atoms with Crippen molar-refractivity contribution in [2.75, 3.05) is 18.6 Å². The number of hydrogen-bond acceptors (Lipinski definition) is 6. The molecule has 4 aromatic rings. The Hall–Kier alpha value is -3.27. The molecular weight excluding hydrogens is 518 g/mol. The van der Waals surface area contributed by atoms with Crippen molar-refractivity contribution < 1.29 is 17.9 Å². The highest BCUT2D eigenvalue weighted by Crippen LogP contribution is 2.33. The number of anilines is 1. The molecular formula is C29H31N3O4S2. The number of methoxy groups -OCH3 is 1. The van der Waals surface area contributed by atoms with Gasteiger partial charge in [-0.1, -0.05) is 55.0 Å². The molecule has 1 unspecified atom stereocenters. The zero-order chi connectivity index (χ0) is 26.7. The van der Waals surface area contributed by atoms with Gasteiger partial charge in [0.05, 0.1) is 28.8 Å². The minimum Gasteiger partial charge on any atom is -0.497 e. The molecule has 0 radical (unpaired) electrons. The van der Waals surface area contributed by atoms with Gasteiger partial charge in [-0.2, -0.15) is 4.31 Å². The standard InChI is InChI=1S/C29H31N3O4S2/c1-3-23-11-7-8-18-32(23)38(34,35)25-15-12-22(13-16-25)28(33)31(20-21-9-5-4-6-10-21)29-30-26-17-14-24(36-2)19-27(26)37-29/h4-6,9-10,12-17,19,23H,3,7-8,11,18,20H2,1-2H3. The second kappa shape index (κ2) is 11.2. The van der Waals surface area contributed by atoms with Crippen LogP contribution in [0.5, 0.6) is 5.75 Å². The molecule has 1 aliphatic heterocycles. The number of carbonyl (C=O) groups excluding carboxylic acids is 1. The van der Waals surface area contributed by atoms with E-state index in [9.17, 15) is 13.2 Å². The number of hydrogen-bond donors (Lipinski definition) is 0. The largest absolute Gasteiger partial charge is 0.497 e. The molecule has 198 valence electrons. The molecule has 1 aliphatic rings. The Kier molecular flexibility index (Phi) is 7.78. The molecule has 2 heterocycles. The van der Waals surface area contributed by atoms with Crippen molar-refractivity contribution in [3.05, 3.63) is 83.9 Å². The summed E-state index contributed by atoms with van der Waals surface area (Å²) >= 11 is 1.42. The number of aromatic nitrogens is 1. The van der Waals surface area contributed by atoms with E-state index in [1.54, 1.807) is 40.6 Å². The van der Waals surface area contributed by atoms with Crippen LogP contribution >= 0.6 is 11.3 Å². The Bertz CT molecular complexity index is 1520. The van der Waals surface area contributed by atoms with E-state index in [0.29, 0.717) is 23.8 Å². The summed E-state index contributed by atoms with van der Waals surface area (Å²) in [6.07, 6.45) is 3.59. The lowest BCUT2D eigenvalue weighted by molar-refractivity contribution is 0.0985. The van der Waals surface area contributed by atoms with Gasteiger partial charge in [-0.05, 0) is 67.3 Å². The van der Waals surface area contributed by atoms with E-state index in [0.717, 1.165) is 47.2 Å². The SMILES string of the molecule is CCC1CCCCN1S(=O)(=O)c1ccc(C(=O)N(Cc2ccccc2)c2nc3ccc(OC)cc3s2)cc1. The zero-order valence-corrected chi connectivity index (χ0v) is 23.2. The Morgan fingerprint density at radius 3 is 2.55 bits per heavy atom. The van der Waals surface area contributed by atoms with Gasteiger partial charge in [-0.3, -0.25) is 9.69 Å². The number of fused-ring (bicyclic) bond motifs is 1. The quantitative estimate of drug-likeness (QED) is 0.265. The number of nitrogens with zero attached hydrogens (tertiary/aromatic N) is 3. The Morgan fingerprint density at radius 2 is 1.84 bits per heavy atom. The molecule has 7 nitrogen and oxygen atoms in total. The smallest absolute Gasteiger partial charge is 0.260 e. The van der Waals surface area contributed by atoms with E-state index < -0.39 is 10.0 Å². The highest BCUT2D eigenvalue weighted by molar-refractivity contribution is 7.89. The average molecular weight is 550 g/mol. The summed E-state index contributed by atoms with van der Waals surface area (Å²) < 4.78 is 34.7. The molecule has 1 aromatic heterocycles. The maximum absolute atomic E-state index is 13.8. The summed E-state index contributed by atoms with van der Waals surface area (Å²) in [6.45, 7) is 2.90. The van der Waals surface area contributed by atoms with Gasteiger partial charge in [0, 0.05) is 18.2 Å². The third-order valence-corrected chi connectivity index (χ3v) is 10.0. The minimum absolute atomic E-state index is 0.0223. The van der Waals surface area contributed by atoms with Crippen molar-refractivity contribution in [3.63, 3.8) is 0 Å². The van der Waals surface area contributed by atoms with Crippen LogP contribution in [0.15, 0.2) is 77.7 Å². The van der Waals surface area contributed by atoms with Crippen LogP contribution in [0.25, 0.3) is 10.2 Å². The molecule has 0 N–H and O–H groups in total. The maximum Gasteiger partial charge on any atom is 0.260 e. The fraction of sp³-hybridized carbons (Fsp3) is 0.310. The Morgan fingerprint density at radius 1 is 1.08 bits per heavy atom. The van der Waals surface area contributed by atoms with Crippen LogP contribution in [0.4, 0.5) is 5.13 Å². The summed E-state index contributed by atoms with van der Waals surface area (Å²) in [6, 6.07) is 21.7. The van der Waals surface area contributed by atoms with Crippen LogP contribution in [0.1, 0.15) is 48.5 Å². The van der Waals surface area contributed by atoms with Gasteiger partial charge in [-0.25, -0.2) is 13.4 Å². The van der Waals surface area contributed by atoms with Crippen LogP contribution < -0.4 is 9.64 Å². The molecule has 38 heavy (non-hydrogen) atoms. The van der Waals surface area contributed by atoms with E-state index in [4.69, 9.17) is 9.72 Å². The van der Waals surface area contributed by atoms with Gasteiger partial charge in [0.2, 0.25) is 10.0 Å². The van der Waals surface area contributed by atoms with E-state index in [1.165, 1.54) is 11.3 Å². The molecule has 5 rings (SSSR count). The van der Waals surface area contributed by atoms with Gasteiger partial charge in [-0.15, -0.1) is 0 Å². The van der Waals surface area contributed by atoms with Crippen molar-refractivity contribution in [2.24, 2.45) is 0 Å². The second-order valence-corrected chi connectivity index (χ2v) is 12.3. The minimum atomic E-state index is -3.62. The molecule has 0 saturated carbocycles. The van der Waals surface area contributed by atoms with Crippen LogP contribution in [-0.4, -0.2) is 43.3 Å². The number of sulfonamides is 1. The number of carbonyl (C=O) groups is 1. The third kappa shape index (κ3) is 5.32. The fourth-order valence-corrected chi connectivity index (χ4v) is 7.65. The Labute approximate surface area is 227 Å². The highest BCUT2D eigenvalue weighted by Gasteiger charge is 2.32. The van der Waals surface area contributed by atoms with Crippen LogP contribution in [0.3, 0.4) is 0 Å². The van der Waals surface area contributed by atoms with E-state index >= 15 is 0 Å². The zero-order valence-electron chi connectivity index (χ0n) is 21.5. The second-order valence-electron chi connectivity index (χ2n) is 9.40. The van der Waals surface area contributed by atoms with E-state index in [-0.39, 0.29) is 16.8 Å². The summed E-state index contributed by atoms with van der Waals surface area (Å²) in [5.41, 5.74) is 2.15. The predicted molar refractivity (Wildman–Crippen MR) is 151 cm³/mol. The first-order valence-electron chi connectivity index (χ1n) is 12.8. The lowest BCUT2D eigenvalue weighted by atomic mass is 10.0. The van der Waals surface area contributed by atoms with E-state index in [1.807, 2.05) is 55.5 Å². The molecule has 1 saturated heterocycles. The number of amides is 1. The van der Waals surface area contributed by atoms with Gasteiger partial charge in [0.1, 0.15) is 5.75 Å². The van der Waals surface area contributed by atoms with Gasteiger partial charge in [0.15, 0.2) is 5.13 Å². The lowest BCUT2D eigenvalue weighted by Crippen LogP contribution is -2.43. The third-order valence-electron chi connectivity index (χ3n) is 7.00. The summed E-state index contributed by atoms with van der Waals surface area (Å²) in [4.78, 5) is 20.4. The number of ether oxygens (including phenoxy) is 1. The molecule has 1 amide bonds. The molecule has 0 bridgehead atoms. The molecule has 9 heteroatoms. The normalized spacial score (nSPS) is 16.4. The lowest BCUT2D eigenvalue weighted by Gasteiger charge is -2.34. The molecule has 1 atom stereocenters. The average Bonchev–Trinajstić information content (AvgIpc) is 3.39. The summed E-state index contributed by atoms with van der Waals surface area (Å²) in [5.74, 6) is 0.484. The van der Waals surface area contributed by atoms with Crippen molar-refractivity contribution in [1.29, 1.82) is 0 Å². The number of piperidine rings is 1. The molecule has 3 aromatic carbocycles. The van der Waals surface area contributed by atoms with Gasteiger partial charge < -0.3 is 4.74 Å². The highest BCUT2D eigenvalue weighted by atomic mass is 32.2.